The number of nitrogens with zero attached hydrogens (tertiary/aromatic N) is 4. The Bertz CT molecular complexity index is 892. The lowest BCUT2D eigenvalue weighted by atomic mass is 10.2. The predicted molar refractivity (Wildman–Crippen MR) is 106 cm³/mol. The van der Waals surface area contributed by atoms with E-state index in [1.54, 1.807) is 6.21 Å². The Labute approximate surface area is 158 Å². The molecule has 1 aromatic heterocycles. The van der Waals surface area contributed by atoms with Crippen molar-refractivity contribution in [1.82, 2.24) is 14.9 Å². The fourth-order valence-electron chi connectivity index (χ4n) is 2.15. The van der Waals surface area contributed by atoms with Gasteiger partial charge in [0, 0.05) is 10.2 Å². The van der Waals surface area contributed by atoms with E-state index in [1.165, 1.54) is 27.6 Å². The van der Waals surface area contributed by atoms with E-state index in [0.29, 0.717) is 11.1 Å². The monoisotopic (exact) mass is 416 g/mol. The molecule has 3 N–H and O–H groups in total. The number of aryl methyl sites for hydroxylation is 1. The standard InChI is InChI=1S/C17H17BrN6S/c1-12-4-2-6-14(8-12)11-25-17-23-22-16(24(17)19)21-20-10-13-5-3-7-15(18)9-13/h2-10H,11,19H2,1H3,(H,21,22)/b20-10+. The van der Waals surface area contributed by atoms with E-state index in [0.717, 1.165) is 15.8 Å². The van der Waals surface area contributed by atoms with Crippen molar-refractivity contribution in [1.29, 1.82) is 0 Å². The number of rotatable bonds is 6. The van der Waals surface area contributed by atoms with Gasteiger partial charge in [-0.2, -0.15) is 5.10 Å². The molecule has 0 aliphatic carbocycles. The molecule has 25 heavy (non-hydrogen) atoms. The highest BCUT2D eigenvalue weighted by Crippen LogP contribution is 2.22. The number of thioether (sulfide) groups is 1. The molecule has 2 aromatic carbocycles. The van der Waals surface area contributed by atoms with Crippen molar-refractivity contribution in [3.63, 3.8) is 0 Å². The number of nitrogen functional groups attached to an aromatic ring is 1. The van der Waals surface area contributed by atoms with Gasteiger partial charge in [-0.3, -0.25) is 0 Å². The van der Waals surface area contributed by atoms with Gasteiger partial charge in [0.15, 0.2) is 0 Å². The zero-order valence-electron chi connectivity index (χ0n) is 13.6. The molecule has 3 rings (SSSR count). The van der Waals surface area contributed by atoms with Gasteiger partial charge in [-0.05, 0) is 30.2 Å². The molecule has 3 aromatic rings. The largest absolute Gasteiger partial charge is 0.334 e. The van der Waals surface area contributed by atoms with Gasteiger partial charge < -0.3 is 5.84 Å². The smallest absolute Gasteiger partial charge is 0.264 e. The molecule has 0 fully saturated rings. The Morgan fingerprint density at radius 2 is 2.08 bits per heavy atom. The minimum absolute atomic E-state index is 0.387. The molecule has 1 heterocycles. The second-order valence-electron chi connectivity index (χ2n) is 5.38. The van der Waals surface area contributed by atoms with E-state index < -0.39 is 0 Å². The number of aromatic nitrogens is 3. The normalized spacial score (nSPS) is 11.1. The maximum Gasteiger partial charge on any atom is 0.264 e. The second-order valence-corrected chi connectivity index (χ2v) is 7.24. The summed E-state index contributed by atoms with van der Waals surface area (Å²) in [5, 5.41) is 12.9. The zero-order chi connectivity index (χ0) is 17.6. The maximum atomic E-state index is 6.03. The van der Waals surface area contributed by atoms with Gasteiger partial charge in [-0.15, -0.1) is 10.2 Å². The summed E-state index contributed by atoms with van der Waals surface area (Å²) in [5.41, 5.74) is 6.22. The first-order chi connectivity index (χ1) is 12.1. The number of anilines is 1. The molecule has 0 aliphatic rings. The predicted octanol–water partition coefficient (Wildman–Crippen LogP) is 3.80. The number of hydrazone groups is 1. The summed E-state index contributed by atoms with van der Waals surface area (Å²) in [7, 11) is 0. The molecule has 0 spiro atoms. The van der Waals surface area contributed by atoms with E-state index in [2.05, 4.69) is 61.8 Å². The SMILES string of the molecule is Cc1cccc(CSc2nnc(N/N=C/c3cccc(Br)c3)n2N)c1. The molecule has 128 valence electrons. The van der Waals surface area contributed by atoms with Crippen LogP contribution in [-0.2, 0) is 5.75 Å². The lowest BCUT2D eigenvalue weighted by Gasteiger charge is -2.04. The van der Waals surface area contributed by atoms with Crippen LogP contribution in [0.2, 0.25) is 0 Å². The van der Waals surface area contributed by atoms with Crippen molar-refractivity contribution in [3.05, 3.63) is 69.7 Å². The quantitative estimate of drug-likeness (QED) is 0.276. The van der Waals surface area contributed by atoms with Gasteiger partial charge in [0.2, 0.25) is 5.16 Å². The van der Waals surface area contributed by atoms with Gasteiger partial charge in [-0.25, -0.2) is 10.1 Å². The van der Waals surface area contributed by atoms with E-state index in [1.807, 2.05) is 30.3 Å². The van der Waals surface area contributed by atoms with Gasteiger partial charge in [0.1, 0.15) is 0 Å². The number of hydrogen-bond acceptors (Lipinski definition) is 6. The molecule has 0 saturated carbocycles. The molecule has 0 radical (unpaired) electrons. The fraction of sp³-hybridized carbons (Fsp3) is 0.118. The van der Waals surface area contributed by atoms with Crippen molar-refractivity contribution in [2.45, 2.75) is 17.8 Å². The number of nitrogens with one attached hydrogen (secondary N) is 1. The Hall–Kier alpha value is -2.32. The molecule has 0 atom stereocenters. The zero-order valence-corrected chi connectivity index (χ0v) is 16.0. The van der Waals surface area contributed by atoms with E-state index in [9.17, 15) is 0 Å². The molecule has 0 aliphatic heterocycles. The van der Waals surface area contributed by atoms with Gasteiger partial charge in [0.05, 0.1) is 6.21 Å². The molecular weight excluding hydrogens is 400 g/mol. The minimum atomic E-state index is 0.387. The summed E-state index contributed by atoms with van der Waals surface area (Å²) in [6, 6.07) is 16.2. The van der Waals surface area contributed by atoms with Crippen molar-refractivity contribution in [2.24, 2.45) is 5.10 Å². The first-order valence-corrected chi connectivity index (χ1v) is 9.33. The third-order valence-electron chi connectivity index (χ3n) is 3.34. The van der Waals surface area contributed by atoms with Crippen LogP contribution in [0.25, 0.3) is 0 Å². The van der Waals surface area contributed by atoms with Crippen LogP contribution in [0.5, 0.6) is 0 Å². The highest BCUT2D eigenvalue weighted by molar-refractivity contribution is 9.10. The van der Waals surface area contributed by atoms with Crippen molar-refractivity contribution >= 4 is 39.9 Å². The number of hydrogen-bond donors (Lipinski definition) is 2. The van der Waals surface area contributed by atoms with Crippen LogP contribution in [0.4, 0.5) is 5.95 Å². The number of benzene rings is 2. The van der Waals surface area contributed by atoms with Crippen LogP contribution in [0.1, 0.15) is 16.7 Å². The van der Waals surface area contributed by atoms with Crippen LogP contribution in [-0.4, -0.2) is 21.1 Å². The topological polar surface area (TPSA) is 81.1 Å². The first kappa shape index (κ1) is 17.5. The molecule has 0 saturated heterocycles. The molecule has 6 nitrogen and oxygen atoms in total. The third kappa shape index (κ3) is 4.83. The summed E-state index contributed by atoms with van der Waals surface area (Å²) in [4.78, 5) is 0. The highest BCUT2D eigenvalue weighted by atomic mass is 79.9. The lowest BCUT2D eigenvalue weighted by molar-refractivity contribution is 0.847. The van der Waals surface area contributed by atoms with E-state index in [4.69, 9.17) is 5.84 Å². The molecule has 8 heteroatoms. The lowest BCUT2D eigenvalue weighted by Crippen LogP contribution is -2.13. The van der Waals surface area contributed by atoms with Crippen LogP contribution in [0.15, 0.2) is 63.3 Å². The van der Waals surface area contributed by atoms with Crippen molar-refractivity contribution in [3.8, 4) is 0 Å². The number of halogens is 1. The van der Waals surface area contributed by atoms with Crippen molar-refractivity contribution < 1.29 is 0 Å². The average molecular weight is 417 g/mol. The van der Waals surface area contributed by atoms with Crippen LogP contribution >= 0.6 is 27.7 Å². The number of nitrogens with two attached hydrogens (primary N) is 1. The summed E-state index contributed by atoms with van der Waals surface area (Å²) >= 11 is 4.95. The Morgan fingerprint density at radius 1 is 1.24 bits per heavy atom. The highest BCUT2D eigenvalue weighted by Gasteiger charge is 2.09. The van der Waals surface area contributed by atoms with E-state index in [-0.39, 0.29) is 0 Å². The Balaban J connectivity index is 1.61. The average Bonchev–Trinajstić information content (AvgIpc) is 2.94. The molecule has 0 unspecified atom stereocenters. The van der Waals surface area contributed by atoms with Crippen LogP contribution in [0.3, 0.4) is 0 Å². The third-order valence-corrected chi connectivity index (χ3v) is 4.85. The van der Waals surface area contributed by atoms with Crippen LogP contribution in [0, 0.1) is 6.92 Å². The van der Waals surface area contributed by atoms with Crippen LogP contribution < -0.4 is 11.3 Å². The summed E-state index contributed by atoms with van der Waals surface area (Å²) < 4.78 is 2.40. The minimum Gasteiger partial charge on any atom is -0.334 e. The Morgan fingerprint density at radius 3 is 2.88 bits per heavy atom. The van der Waals surface area contributed by atoms with Gasteiger partial charge >= 0.3 is 0 Å². The maximum absolute atomic E-state index is 6.03. The Kier molecular flexibility index (Phi) is 5.72. The second kappa shape index (κ2) is 8.17. The summed E-state index contributed by atoms with van der Waals surface area (Å²) in [5.74, 6) is 7.19. The summed E-state index contributed by atoms with van der Waals surface area (Å²) in [6.07, 6.45) is 1.69. The summed E-state index contributed by atoms with van der Waals surface area (Å²) in [6.45, 7) is 2.07. The van der Waals surface area contributed by atoms with Gasteiger partial charge in [-0.1, -0.05) is 69.7 Å². The molecule has 0 bridgehead atoms. The van der Waals surface area contributed by atoms with Gasteiger partial charge in [0.25, 0.3) is 5.95 Å². The van der Waals surface area contributed by atoms with E-state index >= 15 is 0 Å². The fourth-order valence-corrected chi connectivity index (χ4v) is 3.37. The van der Waals surface area contributed by atoms with Crippen molar-refractivity contribution in [2.75, 3.05) is 11.3 Å². The molecule has 0 amide bonds. The first-order valence-electron chi connectivity index (χ1n) is 7.55. The molecular formula is C17H17BrN6S.